The molecule has 0 radical (unpaired) electrons. The first kappa shape index (κ1) is 62.2. The summed E-state index contributed by atoms with van der Waals surface area (Å²) in [5.74, 6) is -3.05. The van der Waals surface area contributed by atoms with E-state index in [9.17, 15) is 49.2 Å². The fourth-order valence-electron chi connectivity index (χ4n) is 9.70. The van der Waals surface area contributed by atoms with E-state index in [0.29, 0.717) is 54.3 Å². The zero-order valence-corrected chi connectivity index (χ0v) is 46.9. The molecule has 1 aliphatic heterocycles. The van der Waals surface area contributed by atoms with E-state index in [1.165, 1.54) is 17.7 Å². The standard InChI is InChI=1S/C61H66N6O15.CH3/c1-36-15-20-44(54(71)51-53(40-11-7-5-8-12-40)65(4)67(59(51)75)43-13-9-6-10-14-43)52(62)50(36)42-19-21-46-41(34-42)18-16-37(2)66(46)35-39-17-22-47(81-61-57(74)55(72)56(73)58(82-61)60(76)77)45(33-39)64-49(70)23-26-63-48(69)25-28-79-30-32-80-31-29-78-27-24-38(3)68;/h5-22,33-34,55-58,61,72-74H,23-32,35H2,1-4H3,(H4-,62,63,64,69,70,71,76,77);1H3/q;-1/p+1/t55-,56-,57+,58-,61+;/m0./s1. The third kappa shape index (κ3) is 14.8. The van der Waals surface area contributed by atoms with Gasteiger partial charge in [0.1, 0.15) is 35.4 Å². The zero-order chi connectivity index (χ0) is 58.6. The Bertz CT molecular complexity index is 3510. The number of hydrogen-bond acceptors (Lipinski definition) is 15. The van der Waals surface area contributed by atoms with Crippen LogP contribution in [0, 0.1) is 21.3 Å². The summed E-state index contributed by atoms with van der Waals surface area (Å²) in [6.45, 7) is 7.17. The van der Waals surface area contributed by atoms with Crippen molar-refractivity contribution in [2.75, 3.05) is 57.2 Å². The normalized spacial score (nSPS) is 16.7. The van der Waals surface area contributed by atoms with Gasteiger partial charge in [-0.1, -0.05) is 54.6 Å². The van der Waals surface area contributed by atoms with Crippen LogP contribution in [0.2, 0.25) is 0 Å². The van der Waals surface area contributed by atoms with Gasteiger partial charge in [-0.2, -0.15) is 4.57 Å². The molecule has 0 unspecified atom stereocenters. The molecule has 83 heavy (non-hydrogen) atoms. The molecule has 2 aromatic heterocycles. The topological polar surface area (TPSA) is 293 Å². The van der Waals surface area contributed by atoms with E-state index < -0.39 is 53.9 Å². The summed E-state index contributed by atoms with van der Waals surface area (Å²) in [4.78, 5) is 78.3. The average molecular weight is 1140 g/mol. The minimum atomic E-state index is -1.96. The van der Waals surface area contributed by atoms with Crippen molar-refractivity contribution in [1.82, 2.24) is 14.7 Å². The maximum Gasteiger partial charge on any atom is 0.335 e. The molecule has 0 saturated carbocycles. The van der Waals surface area contributed by atoms with E-state index in [4.69, 9.17) is 29.4 Å². The summed E-state index contributed by atoms with van der Waals surface area (Å²) in [5.41, 5.74) is 13.1. The number of ether oxygens (including phenoxy) is 5. The molecule has 438 valence electrons. The molecule has 21 nitrogen and oxygen atoms in total. The van der Waals surface area contributed by atoms with Gasteiger partial charge in [0.2, 0.25) is 29.4 Å². The van der Waals surface area contributed by atoms with Crippen molar-refractivity contribution >= 4 is 51.6 Å². The monoisotopic (exact) mass is 1140 g/mol. The van der Waals surface area contributed by atoms with Gasteiger partial charge in [-0.25, -0.2) is 9.48 Å². The number of benzene rings is 5. The van der Waals surface area contributed by atoms with Gasteiger partial charge in [0, 0.05) is 79.6 Å². The Morgan fingerprint density at radius 3 is 2.06 bits per heavy atom. The first-order chi connectivity index (χ1) is 39.4. The number of anilines is 2. The summed E-state index contributed by atoms with van der Waals surface area (Å²) < 4.78 is 32.7. The van der Waals surface area contributed by atoms with Crippen molar-refractivity contribution in [3.05, 3.63) is 167 Å². The van der Waals surface area contributed by atoms with Crippen LogP contribution in [0.3, 0.4) is 0 Å². The number of nitrogens with one attached hydrogen (secondary N) is 2. The molecule has 1 aliphatic rings. The number of rotatable bonds is 26. The number of ketones is 2. The number of hydrogen-bond donors (Lipinski definition) is 7. The molecule has 0 aliphatic carbocycles. The molecular formula is C62H70N6O15. The molecule has 8 rings (SSSR count). The number of aryl methyl sites for hydroxylation is 2. The number of carbonyl (C=O) groups excluding carboxylic acids is 4. The summed E-state index contributed by atoms with van der Waals surface area (Å²) in [6, 6.07) is 36.3. The number of aliphatic hydroxyl groups is 3. The first-order valence-electron chi connectivity index (χ1n) is 26.7. The second kappa shape index (κ2) is 28.5. The van der Waals surface area contributed by atoms with Gasteiger partial charge in [-0.05, 0) is 79.6 Å². The van der Waals surface area contributed by atoms with Crippen LogP contribution in [0.25, 0.3) is 39.0 Å². The lowest BCUT2D eigenvalue weighted by Crippen LogP contribution is -2.61. The van der Waals surface area contributed by atoms with Gasteiger partial charge in [0.05, 0.1) is 62.4 Å². The number of aromatic nitrogens is 3. The van der Waals surface area contributed by atoms with Crippen LogP contribution in [-0.2, 0) is 51.7 Å². The summed E-state index contributed by atoms with van der Waals surface area (Å²) in [6.07, 6.45) is -9.34. The lowest BCUT2D eigenvalue weighted by Gasteiger charge is -2.38. The summed E-state index contributed by atoms with van der Waals surface area (Å²) >= 11 is 0. The number of carboxylic acid groups (broad SMARTS) is 1. The van der Waals surface area contributed by atoms with E-state index in [2.05, 4.69) is 10.6 Å². The van der Waals surface area contributed by atoms with Crippen LogP contribution in [0.15, 0.2) is 126 Å². The molecule has 5 atom stereocenters. The number of nitrogens with two attached hydrogens (primary N) is 1. The van der Waals surface area contributed by atoms with E-state index >= 15 is 0 Å². The van der Waals surface area contributed by atoms with Crippen LogP contribution in [-0.4, -0.2) is 136 Å². The Hall–Kier alpha value is -8.41. The number of nitrogen functional groups attached to an aromatic ring is 1. The Balaban J connectivity index is 0.00000990. The van der Waals surface area contributed by atoms with Crippen LogP contribution in [0.5, 0.6) is 5.75 Å². The van der Waals surface area contributed by atoms with E-state index in [-0.39, 0.29) is 93.1 Å². The Labute approximate surface area is 479 Å². The number of Topliss-reactive ketones (excluding diaryl/α,β-unsaturated/α-hetero) is 1. The number of fused-ring (bicyclic) bond motifs is 1. The third-order valence-electron chi connectivity index (χ3n) is 14.0. The minimum absolute atomic E-state index is 0. The smallest absolute Gasteiger partial charge is 0.335 e. The Morgan fingerprint density at radius 2 is 1.39 bits per heavy atom. The van der Waals surface area contributed by atoms with Crippen LogP contribution >= 0.6 is 0 Å². The average Bonchev–Trinajstić information content (AvgIpc) is 3.86. The second-order valence-electron chi connectivity index (χ2n) is 19.8. The van der Waals surface area contributed by atoms with Gasteiger partial charge in [0.25, 0.3) is 5.56 Å². The van der Waals surface area contributed by atoms with Gasteiger partial charge in [-0.15, -0.1) is 0 Å². The highest BCUT2D eigenvalue weighted by atomic mass is 16.7. The quantitative estimate of drug-likeness (QED) is 0.0123. The molecule has 7 aromatic rings. The number of amides is 2. The summed E-state index contributed by atoms with van der Waals surface area (Å²) in [7, 11) is 1.74. The fourth-order valence-corrected chi connectivity index (χ4v) is 9.70. The highest BCUT2D eigenvalue weighted by molar-refractivity contribution is 6.16. The highest BCUT2D eigenvalue weighted by Gasteiger charge is 2.48. The van der Waals surface area contributed by atoms with E-state index in [0.717, 1.165) is 27.7 Å². The number of carboxylic acids is 1. The first-order valence-corrected chi connectivity index (χ1v) is 26.7. The van der Waals surface area contributed by atoms with Crippen LogP contribution < -0.4 is 31.2 Å². The maximum absolute atomic E-state index is 14.9. The van der Waals surface area contributed by atoms with Crippen molar-refractivity contribution in [2.24, 2.45) is 7.05 Å². The minimum Gasteiger partial charge on any atom is -0.479 e. The number of para-hydroxylation sites is 1. The molecule has 0 spiro atoms. The lowest BCUT2D eigenvalue weighted by atomic mass is 9.91. The molecular weight excluding hydrogens is 1070 g/mol. The molecule has 1 saturated heterocycles. The highest BCUT2D eigenvalue weighted by Crippen LogP contribution is 2.37. The zero-order valence-electron chi connectivity index (χ0n) is 46.9. The molecule has 1 fully saturated rings. The van der Waals surface area contributed by atoms with Gasteiger partial charge in [-0.3, -0.25) is 28.7 Å². The van der Waals surface area contributed by atoms with E-state index in [1.54, 1.807) is 42.1 Å². The molecule has 21 heteroatoms. The molecule has 5 aromatic carbocycles. The fraction of sp³-hybridized carbons (Fsp3) is 0.323. The maximum atomic E-state index is 14.9. The molecule has 8 N–H and O–H groups in total. The SMILES string of the molecule is CC(=O)CCOCCOCCOCCC(=O)NCCC(=O)Nc1cc(C[n+]2c(C)ccc3cc(-c4c(C)ccc(C(=O)c5c(-c6ccccc6)n(C)n(-c6ccccc6)c5=O)c4N)ccc32)ccc1O[C@@H]1O[C@H](C(=O)O)[C@@H](O)[C@H](O)[C@H]1O.[CH3-]. The van der Waals surface area contributed by atoms with Crippen molar-refractivity contribution in [1.29, 1.82) is 0 Å². The number of carbonyl (C=O) groups is 5. The predicted octanol–water partition coefficient (Wildman–Crippen LogP) is 5.01. The van der Waals surface area contributed by atoms with E-state index in [1.807, 2.05) is 103 Å². The Morgan fingerprint density at radius 1 is 0.723 bits per heavy atom. The largest absolute Gasteiger partial charge is 0.479 e. The van der Waals surface area contributed by atoms with Gasteiger partial charge < -0.3 is 67.9 Å². The lowest BCUT2D eigenvalue weighted by molar-refractivity contribution is -0.668. The van der Waals surface area contributed by atoms with Crippen LogP contribution in [0.1, 0.15) is 58.9 Å². The second-order valence-corrected chi connectivity index (χ2v) is 19.8. The molecule has 3 heterocycles. The predicted molar refractivity (Wildman–Crippen MR) is 309 cm³/mol. The van der Waals surface area contributed by atoms with Crippen molar-refractivity contribution in [2.45, 2.75) is 77.3 Å². The van der Waals surface area contributed by atoms with Gasteiger partial charge in [0.15, 0.2) is 18.3 Å². The number of aliphatic carboxylic acids is 1. The van der Waals surface area contributed by atoms with Crippen LogP contribution in [0.4, 0.5) is 11.4 Å². The number of pyridine rings is 1. The number of aliphatic hydroxyl groups excluding tert-OH is 3. The van der Waals surface area contributed by atoms with Gasteiger partial charge >= 0.3 is 5.97 Å². The molecule has 0 bridgehead atoms. The van der Waals surface area contributed by atoms with Crippen molar-refractivity contribution in [3.8, 4) is 33.8 Å². The summed E-state index contributed by atoms with van der Waals surface area (Å²) in [5, 5.41) is 47.6. The number of nitrogens with zero attached hydrogens (tertiary/aromatic N) is 3. The van der Waals surface area contributed by atoms with Crippen molar-refractivity contribution < 1.29 is 72.7 Å². The third-order valence-corrected chi connectivity index (χ3v) is 14.0. The van der Waals surface area contributed by atoms with Crippen molar-refractivity contribution in [3.63, 3.8) is 0 Å². The Kier molecular flexibility index (Phi) is 21.4. The molecule has 2 amide bonds.